The largest absolute Gasteiger partial charge is 0.376 e. The number of urea groups is 1. The average Bonchev–Trinajstić information content (AvgIpc) is 3.19. The number of aromatic nitrogens is 2. The molecule has 1 aliphatic rings. The van der Waals surface area contributed by atoms with Crippen LogP contribution in [0.2, 0.25) is 0 Å². The van der Waals surface area contributed by atoms with Gasteiger partial charge in [-0.25, -0.2) is 13.9 Å². The molecular formula is C15H17FN4O2. The van der Waals surface area contributed by atoms with E-state index < -0.39 is 11.8 Å². The Kier molecular flexibility index (Phi) is 4.34. The second-order valence-electron chi connectivity index (χ2n) is 5.08. The maximum Gasteiger partial charge on any atom is 0.319 e. The van der Waals surface area contributed by atoms with Gasteiger partial charge in [0.05, 0.1) is 17.5 Å². The van der Waals surface area contributed by atoms with Crippen LogP contribution in [0.3, 0.4) is 0 Å². The SMILES string of the molecule is O=C(NC[C@H]1CCCO1)Nc1cc(F)ccc1-n1cccn1. The predicted octanol–water partition coefficient (Wildman–Crippen LogP) is 2.31. The van der Waals surface area contributed by atoms with Gasteiger partial charge < -0.3 is 15.4 Å². The summed E-state index contributed by atoms with van der Waals surface area (Å²) in [7, 11) is 0. The van der Waals surface area contributed by atoms with Gasteiger partial charge in [0, 0.05) is 25.5 Å². The van der Waals surface area contributed by atoms with E-state index in [2.05, 4.69) is 15.7 Å². The fourth-order valence-corrected chi connectivity index (χ4v) is 2.40. The summed E-state index contributed by atoms with van der Waals surface area (Å²) < 4.78 is 20.5. The second-order valence-corrected chi connectivity index (χ2v) is 5.08. The minimum Gasteiger partial charge on any atom is -0.376 e. The van der Waals surface area contributed by atoms with Crippen molar-refractivity contribution in [3.05, 3.63) is 42.5 Å². The van der Waals surface area contributed by atoms with Gasteiger partial charge in [-0.15, -0.1) is 0 Å². The van der Waals surface area contributed by atoms with Gasteiger partial charge in [0.2, 0.25) is 0 Å². The summed E-state index contributed by atoms with van der Waals surface area (Å²) >= 11 is 0. The number of nitrogens with one attached hydrogen (secondary N) is 2. The molecule has 2 aromatic rings. The molecule has 1 fully saturated rings. The highest BCUT2D eigenvalue weighted by Crippen LogP contribution is 2.21. The lowest BCUT2D eigenvalue weighted by atomic mass is 10.2. The number of amides is 2. The first kappa shape index (κ1) is 14.5. The van der Waals surface area contributed by atoms with Crippen LogP contribution in [0.5, 0.6) is 0 Å². The van der Waals surface area contributed by atoms with Crippen LogP contribution in [0.1, 0.15) is 12.8 Å². The lowest BCUT2D eigenvalue weighted by Crippen LogP contribution is -2.35. The molecule has 0 saturated carbocycles. The van der Waals surface area contributed by atoms with Crippen molar-refractivity contribution in [2.45, 2.75) is 18.9 Å². The number of benzene rings is 1. The predicted molar refractivity (Wildman–Crippen MR) is 79.5 cm³/mol. The molecule has 7 heteroatoms. The Morgan fingerprint density at radius 2 is 2.41 bits per heavy atom. The van der Waals surface area contributed by atoms with E-state index in [1.807, 2.05) is 0 Å². The highest BCUT2D eigenvalue weighted by molar-refractivity contribution is 5.91. The molecule has 0 bridgehead atoms. The number of anilines is 1. The standard InChI is InChI=1S/C15H17FN4O2/c16-11-4-5-14(20-7-2-6-18-20)13(9-11)19-15(21)17-10-12-3-1-8-22-12/h2,4-7,9,12H,1,3,8,10H2,(H2,17,19,21)/t12-/m1/s1. The van der Waals surface area contributed by atoms with E-state index in [-0.39, 0.29) is 6.10 Å². The number of carbonyl (C=O) groups excluding carboxylic acids is 1. The number of rotatable bonds is 4. The zero-order valence-corrected chi connectivity index (χ0v) is 12.0. The van der Waals surface area contributed by atoms with Crippen LogP contribution >= 0.6 is 0 Å². The molecule has 0 radical (unpaired) electrons. The quantitative estimate of drug-likeness (QED) is 0.911. The number of halogens is 1. The summed E-state index contributed by atoms with van der Waals surface area (Å²) in [5.41, 5.74) is 0.951. The van der Waals surface area contributed by atoms with Crippen molar-refractivity contribution < 1.29 is 13.9 Å². The van der Waals surface area contributed by atoms with Crippen LogP contribution in [0, 0.1) is 5.82 Å². The summed E-state index contributed by atoms with van der Waals surface area (Å²) in [6.07, 6.45) is 5.36. The number of hydrogen-bond donors (Lipinski definition) is 2. The maximum atomic E-state index is 13.4. The zero-order chi connectivity index (χ0) is 15.4. The molecule has 1 aliphatic heterocycles. The molecule has 6 nitrogen and oxygen atoms in total. The van der Waals surface area contributed by atoms with Gasteiger partial charge >= 0.3 is 6.03 Å². The third-order valence-electron chi connectivity index (χ3n) is 3.47. The Hall–Kier alpha value is -2.41. The Morgan fingerprint density at radius 1 is 1.50 bits per heavy atom. The van der Waals surface area contributed by atoms with Crippen molar-refractivity contribution in [1.82, 2.24) is 15.1 Å². The van der Waals surface area contributed by atoms with Crippen molar-refractivity contribution in [3.8, 4) is 5.69 Å². The van der Waals surface area contributed by atoms with Crippen LogP contribution in [0.15, 0.2) is 36.7 Å². The first-order chi connectivity index (χ1) is 10.7. The second kappa shape index (κ2) is 6.57. The Morgan fingerprint density at radius 3 is 3.14 bits per heavy atom. The topological polar surface area (TPSA) is 68.2 Å². The summed E-state index contributed by atoms with van der Waals surface area (Å²) in [6, 6.07) is 5.52. The molecule has 2 heterocycles. The molecule has 116 valence electrons. The summed E-state index contributed by atoms with van der Waals surface area (Å²) in [6.45, 7) is 1.18. The van der Waals surface area contributed by atoms with E-state index in [0.717, 1.165) is 19.4 Å². The zero-order valence-electron chi connectivity index (χ0n) is 12.0. The van der Waals surface area contributed by atoms with Crippen LogP contribution in [0.4, 0.5) is 14.9 Å². The van der Waals surface area contributed by atoms with Gasteiger partial charge in [-0.3, -0.25) is 0 Å². The van der Waals surface area contributed by atoms with Crippen molar-refractivity contribution in [3.63, 3.8) is 0 Å². The molecule has 1 atom stereocenters. The Bertz CT molecular complexity index is 639. The normalized spacial score (nSPS) is 17.4. The fourth-order valence-electron chi connectivity index (χ4n) is 2.40. The number of carbonyl (C=O) groups is 1. The van der Waals surface area contributed by atoms with Crippen LogP contribution < -0.4 is 10.6 Å². The minimum atomic E-state index is -0.426. The summed E-state index contributed by atoms with van der Waals surface area (Å²) in [5, 5.41) is 9.49. The van der Waals surface area contributed by atoms with Gasteiger partial charge in [-0.1, -0.05) is 0 Å². The van der Waals surface area contributed by atoms with Crippen LogP contribution in [0.25, 0.3) is 5.69 Å². The van der Waals surface area contributed by atoms with Crippen molar-refractivity contribution in [2.24, 2.45) is 0 Å². The first-order valence-electron chi connectivity index (χ1n) is 7.18. The molecule has 1 saturated heterocycles. The molecule has 3 rings (SSSR count). The maximum absolute atomic E-state index is 13.4. The van der Waals surface area contributed by atoms with Gasteiger partial charge in [0.25, 0.3) is 0 Å². The highest BCUT2D eigenvalue weighted by Gasteiger charge is 2.17. The number of hydrogen-bond acceptors (Lipinski definition) is 3. The molecule has 2 N–H and O–H groups in total. The third kappa shape index (κ3) is 3.43. The van der Waals surface area contributed by atoms with Gasteiger partial charge in [-0.2, -0.15) is 5.10 Å². The van der Waals surface area contributed by atoms with Crippen LogP contribution in [-0.4, -0.2) is 35.1 Å². The van der Waals surface area contributed by atoms with Gasteiger partial charge in [0.1, 0.15) is 5.82 Å². The monoisotopic (exact) mass is 304 g/mol. The molecular weight excluding hydrogens is 287 g/mol. The van der Waals surface area contributed by atoms with E-state index in [1.165, 1.54) is 12.1 Å². The third-order valence-corrected chi connectivity index (χ3v) is 3.47. The lowest BCUT2D eigenvalue weighted by molar-refractivity contribution is 0.112. The molecule has 2 amide bonds. The molecule has 0 aliphatic carbocycles. The van der Waals surface area contributed by atoms with Crippen molar-refractivity contribution in [2.75, 3.05) is 18.5 Å². The molecule has 0 unspecified atom stereocenters. The molecule has 0 spiro atoms. The van der Waals surface area contributed by atoms with E-state index >= 15 is 0 Å². The first-order valence-corrected chi connectivity index (χ1v) is 7.18. The summed E-state index contributed by atoms with van der Waals surface area (Å²) in [5.74, 6) is -0.426. The smallest absolute Gasteiger partial charge is 0.319 e. The molecule has 1 aromatic carbocycles. The average molecular weight is 304 g/mol. The van der Waals surface area contributed by atoms with E-state index in [0.29, 0.717) is 17.9 Å². The van der Waals surface area contributed by atoms with E-state index in [1.54, 1.807) is 29.2 Å². The number of ether oxygens (including phenoxy) is 1. The van der Waals surface area contributed by atoms with Gasteiger partial charge in [-0.05, 0) is 37.1 Å². The van der Waals surface area contributed by atoms with E-state index in [4.69, 9.17) is 4.74 Å². The minimum absolute atomic E-state index is 0.0591. The Balaban J connectivity index is 1.68. The molecule has 22 heavy (non-hydrogen) atoms. The molecule has 1 aromatic heterocycles. The Labute approximate surface area is 127 Å². The lowest BCUT2D eigenvalue weighted by Gasteiger charge is -2.14. The van der Waals surface area contributed by atoms with E-state index in [9.17, 15) is 9.18 Å². The van der Waals surface area contributed by atoms with Crippen molar-refractivity contribution >= 4 is 11.7 Å². The van der Waals surface area contributed by atoms with Crippen molar-refractivity contribution in [1.29, 1.82) is 0 Å². The number of nitrogens with zero attached hydrogens (tertiary/aromatic N) is 2. The fraction of sp³-hybridized carbons (Fsp3) is 0.333. The van der Waals surface area contributed by atoms with Gasteiger partial charge in [0.15, 0.2) is 0 Å². The van der Waals surface area contributed by atoms with Crippen LogP contribution in [-0.2, 0) is 4.74 Å². The highest BCUT2D eigenvalue weighted by atomic mass is 19.1. The summed E-state index contributed by atoms with van der Waals surface area (Å²) in [4.78, 5) is 12.0.